The number of carbonyl (C=O) groups excluding carboxylic acids is 2. The van der Waals surface area contributed by atoms with Crippen LogP contribution in [-0.2, 0) is 4.79 Å². The number of rotatable bonds is 2. The van der Waals surface area contributed by atoms with Crippen LogP contribution < -0.4 is 15.5 Å². The van der Waals surface area contributed by atoms with E-state index in [0.29, 0.717) is 6.42 Å². The predicted molar refractivity (Wildman–Crippen MR) is 84.7 cm³/mol. The van der Waals surface area contributed by atoms with E-state index in [-0.39, 0.29) is 17.5 Å². The van der Waals surface area contributed by atoms with Crippen LogP contribution in [0, 0.1) is 6.92 Å². The second-order valence-corrected chi connectivity index (χ2v) is 6.48. The summed E-state index contributed by atoms with van der Waals surface area (Å²) < 4.78 is 0. The van der Waals surface area contributed by atoms with Crippen LogP contribution in [0.3, 0.4) is 0 Å². The van der Waals surface area contributed by atoms with Crippen molar-refractivity contribution in [2.24, 2.45) is 0 Å². The van der Waals surface area contributed by atoms with E-state index in [1.54, 1.807) is 0 Å². The maximum absolute atomic E-state index is 11.8. The first kappa shape index (κ1) is 15.4. The van der Waals surface area contributed by atoms with Crippen molar-refractivity contribution in [3.05, 3.63) is 23.8 Å². The van der Waals surface area contributed by atoms with E-state index in [4.69, 9.17) is 0 Å². The number of aryl methyl sites for hydroxylation is 1. The highest BCUT2D eigenvalue weighted by atomic mass is 16.2. The van der Waals surface area contributed by atoms with Crippen LogP contribution in [0.2, 0.25) is 0 Å². The molecule has 0 bridgehead atoms. The van der Waals surface area contributed by atoms with Gasteiger partial charge in [-0.25, -0.2) is 4.79 Å². The molecule has 3 amide bonds. The van der Waals surface area contributed by atoms with Crippen LogP contribution in [0.1, 0.15) is 39.2 Å². The summed E-state index contributed by atoms with van der Waals surface area (Å²) in [5.74, 6) is 0.171. The highest BCUT2D eigenvalue weighted by Gasteiger charge is 2.23. The summed E-state index contributed by atoms with van der Waals surface area (Å²) in [6.45, 7) is 8.52. The fourth-order valence-corrected chi connectivity index (χ4v) is 2.44. The summed E-state index contributed by atoms with van der Waals surface area (Å²) in [7, 11) is 0. The molecule has 2 rings (SSSR count). The molecule has 0 atom stereocenters. The van der Waals surface area contributed by atoms with Gasteiger partial charge in [0.2, 0.25) is 5.91 Å². The SMILES string of the molecule is Cc1cc(NC(=O)NC(C)(C)C)ccc1N1CCCC1=O. The fraction of sp³-hybridized carbons (Fsp3) is 0.500. The Morgan fingerprint density at radius 3 is 2.52 bits per heavy atom. The van der Waals surface area contributed by atoms with Crippen molar-refractivity contribution in [2.75, 3.05) is 16.8 Å². The first-order valence-corrected chi connectivity index (χ1v) is 7.26. The third-order valence-corrected chi connectivity index (χ3v) is 3.31. The largest absolute Gasteiger partial charge is 0.333 e. The van der Waals surface area contributed by atoms with E-state index < -0.39 is 0 Å². The Bertz CT molecular complexity index is 561. The Labute approximate surface area is 125 Å². The van der Waals surface area contributed by atoms with Gasteiger partial charge in [0, 0.05) is 29.9 Å². The summed E-state index contributed by atoms with van der Waals surface area (Å²) in [4.78, 5) is 25.5. The molecule has 0 aliphatic carbocycles. The maximum Gasteiger partial charge on any atom is 0.319 e. The number of hydrogen-bond donors (Lipinski definition) is 2. The summed E-state index contributed by atoms with van der Waals surface area (Å²) in [6.07, 6.45) is 1.53. The Morgan fingerprint density at radius 1 is 1.29 bits per heavy atom. The van der Waals surface area contributed by atoms with Crippen molar-refractivity contribution in [3.8, 4) is 0 Å². The molecule has 1 saturated heterocycles. The van der Waals surface area contributed by atoms with E-state index in [1.807, 2.05) is 50.8 Å². The van der Waals surface area contributed by atoms with Crippen molar-refractivity contribution in [1.29, 1.82) is 0 Å². The average molecular weight is 289 g/mol. The second kappa shape index (κ2) is 5.76. The first-order chi connectivity index (χ1) is 9.76. The van der Waals surface area contributed by atoms with Crippen molar-refractivity contribution in [2.45, 2.75) is 46.1 Å². The van der Waals surface area contributed by atoms with Crippen LogP contribution >= 0.6 is 0 Å². The fourth-order valence-electron chi connectivity index (χ4n) is 2.44. The van der Waals surface area contributed by atoms with Crippen LogP contribution in [-0.4, -0.2) is 24.0 Å². The van der Waals surface area contributed by atoms with Crippen LogP contribution in [0.25, 0.3) is 0 Å². The van der Waals surface area contributed by atoms with E-state index >= 15 is 0 Å². The molecule has 1 aromatic rings. The van der Waals surface area contributed by atoms with Gasteiger partial charge in [-0.15, -0.1) is 0 Å². The lowest BCUT2D eigenvalue weighted by Crippen LogP contribution is -2.43. The molecule has 1 aromatic carbocycles. The summed E-state index contributed by atoms with van der Waals surface area (Å²) in [5, 5.41) is 5.66. The highest BCUT2D eigenvalue weighted by molar-refractivity contribution is 5.96. The summed E-state index contributed by atoms with van der Waals surface area (Å²) in [5.41, 5.74) is 2.36. The molecular weight excluding hydrogens is 266 g/mol. The van der Waals surface area contributed by atoms with Gasteiger partial charge in [0.1, 0.15) is 0 Å². The summed E-state index contributed by atoms with van der Waals surface area (Å²) >= 11 is 0. The van der Waals surface area contributed by atoms with Gasteiger partial charge in [-0.2, -0.15) is 0 Å². The van der Waals surface area contributed by atoms with Crippen LogP contribution in [0.5, 0.6) is 0 Å². The van der Waals surface area contributed by atoms with Crippen LogP contribution in [0.15, 0.2) is 18.2 Å². The molecule has 0 unspecified atom stereocenters. The quantitative estimate of drug-likeness (QED) is 0.879. The van der Waals surface area contributed by atoms with Crippen molar-refractivity contribution in [3.63, 3.8) is 0 Å². The lowest BCUT2D eigenvalue weighted by Gasteiger charge is -2.22. The normalized spacial score (nSPS) is 15.2. The minimum absolute atomic E-state index is 0.171. The molecule has 5 nitrogen and oxygen atoms in total. The Balaban J connectivity index is 2.09. The third-order valence-electron chi connectivity index (χ3n) is 3.31. The van der Waals surface area contributed by atoms with E-state index in [9.17, 15) is 9.59 Å². The van der Waals surface area contributed by atoms with Gasteiger partial charge in [0.05, 0.1) is 0 Å². The molecule has 0 radical (unpaired) electrons. The number of nitrogens with zero attached hydrogens (tertiary/aromatic N) is 1. The van der Waals surface area contributed by atoms with Gasteiger partial charge in [-0.1, -0.05) is 0 Å². The topological polar surface area (TPSA) is 61.4 Å². The smallest absolute Gasteiger partial charge is 0.319 e. The van der Waals surface area contributed by atoms with E-state index in [2.05, 4.69) is 10.6 Å². The standard InChI is InChI=1S/C16H23N3O2/c1-11-10-12(17-15(21)18-16(2,3)4)7-8-13(11)19-9-5-6-14(19)20/h7-8,10H,5-6,9H2,1-4H3,(H2,17,18,21). The summed E-state index contributed by atoms with van der Waals surface area (Å²) in [6, 6.07) is 5.39. The predicted octanol–water partition coefficient (Wildman–Crippen LogP) is 3.04. The molecule has 1 heterocycles. The molecule has 1 fully saturated rings. The molecule has 5 heteroatoms. The Morgan fingerprint density at radius 2 is 2.00 bits per heavy atom. The van der Waals surface area contributed by atoms with Gasteiger partial charge in [-0.05, 0) is 57.9 Å². The molecule has 2 N–H and O–H groups in total. The molecule has 0 saturated carbocycles. The number of anilines is 2. The minimum Gasteiger partial charge on any atom is -0.333 e. The lowest BCUT2D eigenvalue weighted by atomic mass is 10.1. The molecule has 1 aliphatic rings. The zero-order valence-corrected chi connectivity index (χ0v) is 13.1. The number of carbonyl (C=O) groups is 2. The number of amides is 3. The van der Waals surface area contributed by atoms with Gasteiger partial charge in [0.25, 0.3) is 0 Å². The van der Waals surface area contributed by atoms with Gasteiger partial charge >= 0.3 is 6.03 Å². The first-order valence-electron chi connectivity index (χ1n) is 7.26. The zero-order chi connectivity index (χ0) is 15.6. The average Bonchev–Trinajstić information content (AvgIpc) is 2.73. The number of urea groups is 1. The number of benzene rings is 1. The van der Waals surface area contributed by atoms with Crippen molar-refractivity contribution < 1.29 is 9.59 Å². The number of hydrogen-bond acceptors (Lipinski definition) is 2. The van der Waals surface area contributed by atoms with E-state index in [1.165, 1.54) is 0 Å². The maximum atomic E-state index is 11.8. The zero-order valence-electron chi connectivity index (χ0n) is 13.1. The second-order valence-electron chi connectivity index (χ2n) is 6.48. The molecule has 114 valence electrons. The number of nitrogens with one attached hydrogen (secondary N) is 2. The van der Waals surface area contributed by atoms with Gasteiger partial charge in [0.15, 0.2) is 0 Å². The van der Waals surface area contributed by atoms with E-state index in [0.717, 1.165) is 29.9 Å². The van der Waals surface area contributed by atoms with Gasteiger partial charge < -0.3 is 15.5 Å². The molecule has 0 spiro atoms. The Hall–Kier alpha value is -2.04. The Kier molecular flexibility index (Phi) is 4.21. The molecule has 0 aromatic heterocycles. The molecule has 1 aliphatic heterocycles. The third kappa shape index (κ3) is 3.97. The molecular formula is C16H23N3O2. The van der Waals surface area contributed by atoms with Gasteiger partial charge in [-0.3, -0.25) is 4.79 Å². The minimum atomic E-state index is -0.277. The lowest BCUT2D eigenvalue weighted by molar-refractivity contribution is -0.117. The monoisotopic (exact) mass is 289 g/mol. The highest BCUT2D eigenvalue weighted by Crippen LogP contribution is 2.27. The molecule has 21 heavy (non-hydrogen) atoms. The van der Waals surface area contributed by atoms with Crippen molar-refractivity contribution >= 4 is 23.3 Å². The van der Waals surface area contributed by atoms with Crippen LogP contribution in [0.4, 0.5) is 16.2 Å². The van der Waals surface area contributed by atoms with Crippen molar-refractivity contribution in [1.82, 2.24) is 5.32 Å².